The van der Waals surface area contributed by atoms with E-state index in [0.29, 0.717) is 59.8 Å². The predicted molar refractivity (Wildman–Crippen MR) is 152 cm³/mol. The fourth-order valence-corrected chi connectivity index (χ4v) is 6.52. The molecular weight excluding hydrogens is 494 g/mol. The standard InChI is InChI=1S/C30H35N5O2S/c31-25-6-1-2-7-27(25)35-29(37)24-19-34(17-15-26(24)33-30(35)38-23-4-3-5-23)28(36)14-16-32-18-20-8-10-21(11-9-20)22-12-13-22/h1-2,6-11,22-23,32H,3-5,12-19,31H2. The maximum atomic E-state index is 13.8. The minimum Gasteiger partial charge on any atom is -0.397 e. The summed E-state index contributed by atoms with van der Waals surface area (Å²) in [7, 11) is 0. The van der Waals surface area contributed by atoms with Crippen molar-refractivity contribution in [1.29, 1.82) is 0 Å². The number of anilines is 1. The summed E-state index contributed by atoms with van der Waals surface area (Å²) >= 11 is 1.68. The van der Waals surface area contributed by atoms with E-state index in [1.54, 1.807) is 21.2 Å². The monoisotopic (exact) mass is 529 g/mol. The van der Waals surface area contributed by atoms with Crippen molar-refractivity contribution in [2.45, 2.75) is 74.4 Å². The molecule has 198 valence electrons. The first kappa shape index (κ1) is 25.2. The maximum Gasteiger partial charge on any atom is 0.264 e. The van der Waals surface area contributed by atoms with Gasteiger partial charge in [0.2, 0.25) is 5.91 Å². The fraction of sp³-hybridized carbons (Fsp3) is 0.433. The van der Waals surface area contributed by atoms with E-state index in [1.807, 2.05) is 24.3 Å². The van der Waals surface area contributed by atoms with E-state index in [4.69, 9.17) is 10.7 Å². The second kappa shape index (κ2) is 10.9. The number of thioether (sulfide) groups is 1. The lowest BCUT2D eigenvalue weighted by Crippen LogP contribution is -2.42. The molecule has 0 saturated heterocycles. The molecule has 3 N–H and O–H groups in total. The lowest BCUT2D eigenvalue weighted by molar-refractivity contribution is -0.132. The van der Waals surface area contributed by atoms with Crippen LogP contribution in [0.4, 0.5) is 5.69 Å². The van der Waals surface area contributed by atoms with Gasteiger partial charge in [0.05, 0.1) is 29.2 Å². The van der Waals surface area contributed by atoms with Gasteiger partial charge in [0.25, 0.3) is 5.56 Å². The summed E-state index contributed by atoms with van der Waals surface area (Å²) in [5.41, 5.74) is 11.5. The fourth-order valence-electron chi connectivity index (χ4n) is 5.20. The van der Waals surface area contributed by atoms with Crippen molar-refractivity contribution in [2.75, 3.05) is 18.8 Å². The van der Waals surface area contributed by atoms with Crippen LogP contribution in [0.2, 0.25) is 0 Å². The highest BCUT2D eigenvalue weighted by Gasteiger charge is 2.29. The summed E-state index contributed by atoms with van der Waals surface area (Å²) in [6.45, 7) is 2.23. The number of rotatable bonds is 9. The first-order valence-corrected chi connectivity index (χ1v) is 14.7. The zero-order chi connectivity index (χ0) is 26.1. The molecule has 2 aromatic carbocycles. The number of nitrogens with one attached hydrogen (secondary N) is 1. The number of aromatic nitrogens is 2. The highest BCUT2D eigenvalue weighted by atomic mass is 32.2. The van der Waals surface area contributed by atoms with E-state index >= 15 is 0 Å². The van der Waals surface area contributed by atoms with Gasteiger partial charge in [-0.1, -0.05) is 54.6 Å². The maximum absolute atomic E-state index is 13.8. The second-order valence-corrected chi connectivity index (χ2v) is 12.0. The number of hydrogen-bond acceptors (Lipinski definition) is 6. The molecule has 2 saturated carbocycles. The van der Waals surface area contributed by atoms with Crippen LogP contribution in [-0.4, -0.2) is 38.7 Å². The molecule has 2 aliphatic carbocycles. The van der Waals surface area contributed by atoms with Gasteiger partial charge in [-0.25, -0.2) is 4.98 Å². The summed E-state index contributed by atoms with van der Waals surface area (Å²) in [5, 5.41) is 4.60. The third-order valence-electron chi connectivity index (χ3n) is 7.93. The van der Waals surface area contributed by atoms with E-state index in [0.717, 1.165) is 31.0 Å². The number of benzene rings is 2. The Morgan fingerprint density at radius 2 is 1.87 bits per heavy atom. The van der Waals surface area contributed by atoms with Crippen molar-refractivity contribution in [3.63, 3.8) is 0 Å². The smallest absolute Gasteiger partial charge is 0.264 e. The normalized spacial score (nSPS) is 17.2. The van der Waals surface area contributed by atoms with Gasteiger partial charge in [-0.05, 0) is 54.9 Å². The summed E-state index contributed by atoms with van der Waals surface area (Å²) in [5.74, 6) is 0.826. The average Bonchev–Trinajstić information content (AvgIpc) is 3.75. The van der Waals surface area contributed by atoms with Crippen LogP contribution in [0.5, 0.6) is 0 Å². The molecule has 0 radical (unpaired) electrons. The number of para-hydroxylation sites is 2. The molecule has 0 unspecified atom stereocenters. The Morgan fingerprint density at radius 1 is 1.08 bits per heavy atom. The molecule has 0 atom stereocenters. The van der Waals surface area contributed by atoms with Gasteiger partial charge in [-0.2, -0.15) is 0 Å². The second-order valence-electron chi connectivity index (χ2n) is 10.7. The molecule has 1 amide bonds. The summed E-state index contributed by atoms with van der Waals surface area (Å²) in [4.78, 5) is 33.6. The Morgan fingerprint density at radius 3 is 2.58 bits per heavy atom. The largest absolute Gasteiger partial charge is 0.397 e. The number of nitrogen functional groups attached to an aromatic ring is 1. The van der Waals surface area contributed by atoms with Gasteiger partial charge in [0, 0.05) is 37.7 Å². The van der Waals surface area contributed by atoms with Crippen LogP contribution < -0.4 is 16.6 Å². The minimum absolute atomic E-state index is 0.0605. The van der Waals surface area contributed by atoms with Crippen molar-refractivity contribution in [3.05, 3.63) is 81.3 Å². The molecule has 2 fully saturated rings. The topological polar surface area (TPSA) is 93.2 Å². The molecule has 38 heavy (non-hydrogen) atoms. The van der Waals surface area contributed by atoms with E-state index in [2.05, 4.69) is 29.6 Å². The van der Waals surface area contributed by atoms with E-state index in [9.17, 15) is 9.59 Å². The van der Waals surface area contributed by atoms with Crippen LogP contribution in [-0.2, 0) is 24.3 Å². The highest BCUT2D eigenvalue weighted by molar-refractivity contribution is 7.99. The van der Waals surface area contributed by atoms with E-state index in [-0.39, 0.29) is 11.5 Å². The van der Waals surface area contributed by atoms with Gasteiger partial charge < -0.3 is 16.0 Å². The van der Waals surface area contributed by atoms with E-state index < -0.39 is 0 Å². The Balaban J connectivity index is 1.13. The zero-order valence-corrected chi connectivity index (χ0v) is 22.5. The quantitative estimate of drug-likeness (QED) is 0.242. The van der Waals surface area contributed by atoms with Crippen LogP contribution in [0.15, 0.2) is 58.5 Å². The SMILES string of the molecule is Nc1ccccc1-n1c(SC2CCC2)nc2c(c1=O)CN(C(=O)CCNCc1ccc(C3CC3)cc1)CC2. The molecule has 8 heteroatoms. The first-order valence-electron chi connectivity index (χ1n) is 13.8. The van der Waals surface area contributed by atoms with Gasteiger partial charge in [-0.15, -0.1) is 0 Å². The molecule has 0 bridgehead atoms. The van der Waals surface area contributed by atoms with Crippen molar-refractivity contribution in [2.24, 2.45) is 0 Å². The van der Waals surface area contributed by atoms with E-state index in [1.165, 1.54) is 30.4 Å². The number of nitrogens with zero attached hydrogens (tertiary/aromatic N) is 3. The number of nitrogens with two attached hydrogens (primary N) is 1. The molecule has 1 aliphatic heterocycles. The third-order valence-corrected chi connectivity index (χ3v) is 9.22. The third kappa shape index (κ3) is 5.38. The van der Waals surface area contributed by atoms with Crippen molar-refractivity contribution >= 4 is 23.4 Å². The van der Waals surface area contributed by atoms with Crippen LogP contribution >= 0.6 is 11.8 Å². The summed E-state index contributed by atoms with van der Waals surface area (Å²) < 4.78 is 1.67. The molecule has 1 aromatic heterocycles. The van der Waals surface area contributed by atoms with Crippen molar-refractivity contribution < 1.29 is 4.79 Å². The van der Waals surface area contributed by atoms with Gasteiger partial charge in [-0.3, -0.25) is 14.2 Å². The number of hydrogen-bond donors (Lipinski definition) is 2. The summed E-state index contributed by atoms with van der Waals surface area (Å²) in [6.07, 6.45) is 7.13. The number of fused-ring (bicyclic) bond motifs is 1. The average molecular weight is 530 g/mol. The first-order chi connectivity index (χ1) is 18.6. The Labute approximate surface area is 227 Å². The zero-order valence-electron chi connectivity index (χ0n) is 21.7. The molecule has 6 rings (SSSR count). The molecule has 0 spiro atoms. The number of carbonyl (C=O) groups is 1. The predicted octanol–water partition coefficient (Wildman–Crippen LogP) is 4.40. The van der Waals surface area contributed by atoms with Crippen LogP contribution in [0, 0.1) is 0 Å². The number of amides is 1. The molecule has 7 nitrogen and oxygen atoms in total. The van der Waals surface area contributed by atoms with Gasteiger partial charge in [0.1, 0.15) is 0 Å². The molecular formula is C30H35N5O2S. The van der Waals surface area contributed by atoms with Gasteiger partial charge in [0.15, 0.2) is 5.16 Å². The lowest BCUT2D eigenvalue weighted by Gasteiger charge is -2.30. The minimum atomic E-state index is -0.111. The summed E-state index contributed by atoms with van der Waals surface area (Å²) in [6, 6.07) is 16.2. The van der Waals surface area contributed by atoms with Crippen LogP contribution in [0.1, 0.15) is 66.8 Å². The number of carbonyl (C=O) groups excluding carboxylic acids is 1. The van der Waals surface area contributed by atoms with Crippen molar-refractivity contribution in [1.82, 2.24) is 19.8 Å². The van der Waals surface area contributed by atoms with Crippen LogP contribution in [0.25, 0.3) is 5.69 Å². The molecule has 2 heterocycles. The molecule has 3 aromatic rings. The highest BCUT2D eigenvalue weighted by Crippen LogP contribution is 2.40. The van der Waals surface area contributed by atoms with Crippen LogP contribution in [0.3, 0.4) is 0 Å². The lowest BCUT2D eigenvalue weighted by atomic mass is 10.0. The van der Waals surface area contributed by atoms with Gasteiger partial charge >= 0.3 is 0 Å². The Hall–Kier alpha value is -3.10. The Kier molecular flexibility index (Phi) is 7.26. The van der Waals surface area contributed by atoms with Crippen molar-refractivity contribution in [3.8, 4) is 5.69 Å². The molecule has 3 aliphatic rings. The Bertz CT molecular complexity index is 1380.